The van der Waals surface area contributed by atoms with E-state index in [1.807, 2.05) is 48.5 Å². The summed E-state index contributed by atoms with van der Waals surface area (Å²) < 4.78 is 17.7. The van der Waals surface area contributed by atoms with Crippen LogP contribution in [0.1, 0.15) is 74.8 Å². The highest BCUT2D eigenvalue weighted by molar-refractivity contribution is 5.87. The van der Waals surface area contributed by atoms with Gasteiger partial charge in [0.2, 0.25) is 5.56 Å². The number of benzene rings is 3. The summed E-state index contributed by atoms with van der Waals surface area (Å²) in [4.78, 5) is 42.9. The molecule has 3 aliphatic rings. The van der Waals surface area contributed by atoms with Crippen LogP contribution in [-0.4, -0.2) is 83.2 Å². The summed E-state index contributed by atoms with van der Waals surface area (Å²) in [5, 5.41) is 27.7. The third-order valence-corrected chi connectivity index (χ3v) is 10.1. The van der Waals surface area contributed by atoms with E-state index in [9.17, 15) is 24.6 Å². The molecular formula is C41H50N4O8. The maximum Gasteiger partial charge on any atom is 0.408 e. The monoisotopic (exact) mass is 726 g/mol. The summed E-state index contributed by atoms with van der Waals surface area (Å²) >= 11 is 0. The third kappa shape index (κ3) is 9.75. The Hall–Kier alpha value is -4.91. The van der Waals surface area contributed by atoms with Crippen molar-refractivity contribution < 1.29 is 34.0 Å². The number of fused-ring (bicyclic) bond motifs is 4. The molecule has 3 aliphatic heterocycles. The van der Waals surface area contributed by atoms with Crippen LogP contribution in [0.4, 0.5) is 4.79 Å². The van der Waals surface area contributed by atoms with Gasteiger partial charge in [-0.3, -0.25) is 9.69 Å². The molecule has 12 heteroatoms. The number of carbonyl (C=O) groups excluding carboxylic acids is 2. The van der Waals surface area contributed by atoms with Crippen LogP contribution in [0.25, 0.3) is 10.9 Å². The second-order valence-electron chi connectivity index (χ2n) is 14.5. The minimum absolute atomic E-state index is 0.0499. The van der Waals surface area contributed by atoms with E-state index in [1.165, 1.54) is 12.1 Å². The van der Waals surface area contributed by atoms with Crippen molar-refractivity contribution in [2.24, 2.45) is 5.92 Å². The lowest BCUT2D eigenvalue weighted by molar-refractivity contribution is -0.159. The number of unbranched alkanes of at least 4 members (excludes halogenated alkanes) is 2. The van der Waals surface area contributed by atoms with Crippen LogP contribution in [0.5, 0.6) is 11.5 Å². The number of H-pyrrole nitrogens is 1. The van der Waals surface area contributed by atoms with Gasteiger partial charge in [0, 0.05) is 24.5 Å². The SMILES string of the molecule is CC(C)(Oc1cccc(C(NC(=O)OC2CN3CCC2CC3)c2ccccc2)c1)C(=O)OCCCCCNCC(O)c1ccc(O)c2[nH]c(=O)ccc12. The van der Waals surface area contributed by atoms with E-state index in [0.29, 0.717) is 47.6 Å². The smallest absolute Gasteiger partial charge is 0.408 e. The van der Waals surface area contributed by atoms with Gasteiger partial charge in [0.05, 0.1) is 24.3 Å². The lowest BCUT2D eigenvalue weighted by Crippen LogP contribution is -2.52. The predicted octanol–water partition coefficient (Wildman–Crippen LogP) is 5.34. The lowest BCUT2D eigenvalue weighted by atomic mass is 9.86. The number of aromatic amines is 1. The standard InChI is InChI=1S/C41H50N4O8/c1-41(2,39(49)51-23-8-4-7-20-42-25-34(47)31-14-16-33(46)38-32(31)15-17-36(48)43-38)53-30-13-9-12-29(24-30)37(28-10-5-3-6-11-28)44-40(50)52-35-26-45-21-18-27(35)19-22-45/h3,5-6,9-17,24,27,34-35,37,42,46-47H,4,7-8,18-23,25-26H2,1-2H3,(H,43,48)(H,44,50). The molecule has 0 spiro atoms. The molecule has 3 atom stereocenters. The number of amides is 1. The second-order valence-corrected chi connectivity index (χ2v) is 14.5. The molecule has 2 bridgehead atoms. The van der Waals surface area contributed by atoms with E-state index < -0.39 is 29.8 Å². The number of esters is 1. The number of piperidine rings is 3. The van der Waals surface area contributed by atoms with Gasteiger partial charge in [0.25, 0.3) is 0 Å². The highest BCUT2D eigenvalue weighted by atomic mass is 16.6. The first-order valence-corrected chi connectivity index (χ1v) is 18.5. The van der Waals surface area contributed by atoms with Crippen LogP contribution in [0.3, 0.4) is 0 Å². The van der Waals surface area contributed by atoms with Crippen molar-refractivity contribution in [3.05, 3.63) is 106 Å². The van der Waals surface area contributed by atoms with Crippen molar-refractivity contribution in [3.63, 3.8) is 0 Å². The van der Waals surface area contributed by atoms with E-state index >= 15 is 0 Å². The van der Waals surface area contributed by atoms with Crippen LogP contribution in [-0.2, 0) is 14.3 Å². The van der Waals surface area contributed by atoms with Gasteiger partial charge in [-0.1, -0.05) is 48.5 Å². The molecule has 12 nitrogen and oxygen atoms in total. The maximum absolute atomic E-state index is 13.2. The fraction of sp³-hybridized carbons (Fsp3) is 0.439. The molecule has 3 aromatic carbocycles. The number of aromatic hydroxyl groups is 1. The fourth-order valence-electron chi connectivity index (χ4n) is 7.20. The van der Waals surface area contributed by atoms with Crippen LogP contribution in [0, 0.1) is 5.92 Å². The van der Waals surface area contributed by atoms with E-state index in [4.69, 9.17) is 14.2 Å². The number of nitrogens with one attached hydrogen (secondary N) is 3. The molecule has 1 aromatic heterocycles. The second kappa shape index (κ2) is 17.3. The molecule has 7 rings (SSSR count). The topological polar surface area (TPSA) is 162 Å². The van der Waals surface area contributed by atoms with E-state index in [-0.39, 0.29) is 24.0 Å². The van der Waals surface area contributed by atoms with Crippen LogP contribution < -0.4 is 20.9 Å². The Bertz CT molecular complexity index is 1910. The van der Waals surface area contributed by atoms with E-state index in [2.05, 4.69) is 20.5 Å². The fourth-order valence-corrected chi connectivity index (χ4v) is 7.20. The van der Waals surface area contributed by atoms with Crippen molar-refractivity contribution in [2.75, 3.05) is 39.3 Å². The summed E-state index contributed by atoms with van der Waals surface area (Å²) in [7, 11) is 0. The molecule has 1 amide bonds. The first kappa shape index (κ1) is 37.8. The van der Waals surface area contributed by atoms with Crippen molar-refractivity contribution in [1.29, 1.82) is 0 Å². The molecule has 282 valence electrons. The molecule has 0 saturated carbocycles. The zero-order valence-corrected chi connectivity index (χ0v) is 30.4. The average Bonchev–Trinajstić information content (AvgIpc) is 3.16. The van der Waals surface area contributed by atoms with Crippen molar-refractivity contribution in [1.82, 2.24) is 20.5 Å². The Labute approximate surface area is 309 Å². The van der Waals surface area contributed by atoms with Crippen LogP contribution >= 0.6 is 0 Å². The van der Waals surface area contributed by atoms with Gasteiger partial charge in [0.1, 0.15) is 17.6 Å². The number of aliphatic hydroxyl groups is 1. The zero-order chi connectivity index (χ0) is 37.4. The minimum atomic E-state index is -1.26. The molecule has 3 fully saturated rings. The molecule has 4 heterocycles. The largest absolute Gasteiger partial charge is 0.506 e. The number of hydrogen-bond donors (Lipinski definition) is 5. The summed E-state index contributed by atoms with van der Waals surface area (Å²) in [6.45, 7) is 7.44. The number of carbonyl (C=O) groups is 2. The van der Waals surface area contributed by atoms with Gasteiger partial charge in [-0.2, -0.15) is 0 Å². The van der Waals surface area contributed by atoms with E-state index in [1.54, 1.807) is 32.0 Å². The molecule has 53 heavy (non-hydrogen) atoms. The molecule has 3 unspecified atom stereocenters. The minimum Gasteiger partial charge on any atom is -0.506 e. The van der Waals surface area contributed by atoms with Gasteiger partial charge in [0.15, 0.2) is 5.60 Å². The number of phenolic OH excluding ortho intramolecular Hbond substituents is 1. The Morgan fingerprint density at radius 2 is 1.74 bits per heavy atom. The highest BCUT2D eigenvalue weighted by Crippen LogP contribution is 2.32. The average molecular weight is 727 g/mol. The lowest BCUT2D eigenvalue weighted by Gasteiger charge is -2.43. The maximum atomic E-state index is 13.2. The van der Waals surface area contributed by atoms with Crippen LogP contribution in [0.15, 0.2) is 83.7 Å². The number of aliphatic hydroxyl groups excluding tert-OH is 1. The molecule has 0 radical (unpaired) electrons. The predicted molar refractivity (Wildman–Crippen MR) is 201 cm³/mol. The number of aromatic nitrogens is 1. The molecular weight excluding hydrogens is 676 g/mol. The Morgan fingerprint density at radius 3 is 2.49 bits per heavy atom. The van der Waals surface area contributed by atoms with Crippen molar-refractivity contribution >= 4 is 23.0 Å². The molecule has 0 aliphatic carbocycles. The number of ether oxygens (including phenoxy) is 3. The molecule has 5 N–H and O–H groups in total. The number of pyridine rings is 1. The summed E-state index contributed by atoms with van der Waals surface area (Å²) in [6.07, 6.45) is 2.99. The summed E-state index contributed by atoms with van der Waals surface area (Å²) in [5.74, 6) is 0.342. The normalized spacial score (nSPS) is 19.3. The quantitative estimate of drug-likeness (QED) is 0.0753. The summed E-state index contributed by atoms with van der Waals surface area (Å²) in [6, 6.07) is 22.6. The number of hydrogen-bond acceptors (Lipinski definition) is 10. The van der Waals surface area contributed by atoms with Crippen molar-refractivity contribution in [3.8, 4) is 11.5 Å². The van der Waals surface area contributed by atoms with Gasteiger partial charge in [-0.15, -0.1) is 0 Å². The Balaban J connectivity index is 0.948. The van der Waals surface area contributed by atoms with Crippen molar-refractivity contribution in [2.45, 2.75) is 69.8 Å². The Kier molecular flexibility index (Phi) is 12.3. The number of phenols is 1. The van der Waals surface area contributed by atoms with Gasteiger partial charge < -0.3 is 40.0 Å². The zero-order valence-electron chi connectivity index (χ0n) is 30.4. The van der Waals surface area contributed by atoms with Gasteiger partial charge >= 0.3 is 12.1 Å². The third-order valence-electron chi connectivity index (χ3n) is 10.1. The van der Waals surface area contributed by atoms with Gasteiger partial charge in [-0.05, 0) is 112 Å². The highest BCUT2D eigenvalue weighted by Gasteiger charge is 2.37. The number of alkyl carbamates (subject to hydrolysis) is 1. The number of rotatable bonds is 16. The number of nitrogens with zero attached hydrogens (tertiary/aromatic N) is 1. The first-order valence-electron chi connectivity index (χ1n) is 18.5. The summed E-state index contributed by atoms with van der Waals surface area (Å²) in [5.41, 5.74) is 1.00. The van der Waals surface area contributed by atoms with E-state index in [0.717, 1.165) is 56.4 Å². The molecule has 3 saturated heterocycles. The molecule has 4 aromatic rings. The first-order chi connectivity index (χ1) is 25.6. The van der Waals surface area contributed by atoms with Crippen LogP contribution in [0.2, 0.25) is 0 Å². The Morgan fingerprint density at radius 1 is 0.962 bits per heavy atom. The van der Waals surface area contributed by atoms with Gasteiger partial charge in [-0.25, -0.2) is 9.59 Å².